The second kappa shape index (κ2) is 12.0. The zero-order chi connectivity index (χ0) is 21.2. The van der Waals surface area contributed by atoms with Crippen molar-refractivity contribution in [3.8, 4) is 5.75 Å². The highest BCUT2D eigenvalue weighted by molar-refractivity contribution is 5.72. The van der Waals surface area contributed by atoms with Crippen molar-refractivity contribution in [2.45, 2.75) is 39.3 Å². The molecule has 0 radical (unpaired) electrons. The highest BCUT2D eigenvalue weighted by Gasteiger charge is 2.26. The smallest absolute Gasteiger partial charge is 0.308 e. The Kier molecular flexibility index (Phi) is 9.64. The summed E-state index contributed by atoms with van der Waals surface area (Å²) in [5.41, 5.74) is 2.39. The molecule has 6 nitrogen and oxygen atoms in total. The Morgan fingerprint density at radius 3 is 2.52 bits per heavy atom. The van der Waals surface area contributed by atoms with E-state index in [-0.39, 0.29) is 18.5 Å². The number of carbonyl (C=O) groups excluding carboxylic acids is 1. The van der Waals surface area contributed by atoms with Gasteiger partial charge in [-0.25, -0.2) is 0 Å². The number of nitrogens with zero attached hydrogens (tertiary/aromatic N) is 2. The lowest BCUT2D eigenvalue weighted by atomic mass is 9.97. The fraction of sp³-hybridized carbons (Fsp3) is 0.609. The van der Waals surface area contributed by atoms with Crippen molar-refractivity contribution in [3.05, 3.63) is 42.0 Å². The molecule has 1 aromatic carbocycles. The number of β-amino-alcohol motifs (C(OH)–C–C–N with tert-alkyl or cyclic N) is 1. The van der Waals surface area contributed by atoms with E-state index >= 15 is 0 Å². The predicted octanol–water partition coefficient (Wildman–Crippen LogP) is 2.71. The summed E-state index contributed by atoms with van der Waals surface area (Å²) < 4.78 is 10.6. The molecule has 1 N–H and O–H groups in total. The molecule has 0 unspecified atom stereocenters. The van der Waals surface area contributed by atoms with E-state index in [0.29, 0.717) is 6.54 Å². The number of hydrogen-bond acceptors (Lipinski definition) is 6. The Balaban J connectivity index is 1.71. The summed E-state index contributed by atoms with van der Waals surface area (Å²) in [7, 11) is 1.43. The van der Waals surface area contributed by atoms with Gasteiger partial charge in [-0.3, -0.25) is 9.69 Å². The van der Waals surface area contributed by atoms with E-state index in [2.05, 4.69) is 35.4 Å². The van der Waals surface area contributed by atoms with E-state index in [0.717, 1.165) is 56.9 Å². The summed E-state index contributed by atoms with van der Waals surface area (Å²) in [6, 6.07) is 8.05. The van der Waals surface area contributed by atoms with Crippen molar-refractivity contribution in [2.75, 3.05) is 46.4 Å². The van der Waals surface area contributed by atoms with Crippen molar-refractivity contribution < 1.29 is 19.4 Å². The number of rotatable bonds is 11. The highest BCUT2D eigenvalue weighted by atomic mass is 16.5. The number of likely N-dealkylation sites (tertiary alicyclic amines) is 1. The number of aliphatic hydroxyl groups excluding tert-OH is 1. The molecule has 1 fully saturated rings. The number of piperidine rings is 1. The van der Waals surface area contributed by atoms with E-state index in [1.807, 2.05) is 19.1 Å². The summed E-state index contributed by atoms with van der Waals surface area (Å²) in [6.45, 7) is 13.4. The van der Waals surface area contributed by atoms with Crippen LogP contribution in [0.25, 0.3) is 0 Å². The van der Waals surface area contributed by atoms with Gasteiger partial charge in [0.05, 0.1) is 13.0 Å². The molecule has 1 aliphatic rings. The maximum Gasteiger partial charge on any atom is 0.308 e. The predicted molar refractivity (Wildman–Crippen MR) is 115 cm³/mol. The van der Waals surface area contributed by atoms with E-state index in [1.165, 1.54) is 12.7 Å². The van der Waals surface area contributed by atoms with Crippen LogP contribution in [0.5, 0.6) is 5.75 Å². The molecule has 0 spiro atoms. The van der Waals surface area contributed by atoms with Gasteiger partial charge in [0.15, 0.2) is 0 Å². The van der Waals surface area contributed by atoms with Gasteiger partial charge in [0.25, 0.3) is 0 Å². The van der Waals surface area contributed by atoms with Gasteiger partial charge in [0.1, 0.15) is 18.5 Å². The van der Waals surface area contributed by atoms with Gasteiger partial charge < -0.3 is 19.5 Å². The molecule has 29 heavy (non-hydrogen) atoms. The van der Waals surface area contributed by atoms with Crippen molar-refractivity contribution in [1.82, 2.24) is 9.80 Å². The second-order valence-corrected chi connectivity index (χ2v) is 7.97. The molecule has 2 rings (SSSR count). The van der Waals surface area contributed by atoms with E-state index in [9.17, 15) is 9.90 Å². The van der Waals surface area contributed by atoms with Crippen LogP contribution in [0, 0.1) is 5.92 Å². The van der Waals surface area contributed by atoms with Gasteiger partial charge in [0.2, 0.25) is 0 Å². The minimum atomic E-state index is -0.560. The van der Waals surface area contributed by atoms with Crippen LogP contribution in [0.4, 0.5) is 0 Å². The largest absolute Gasteiger partial charge is 0.491 e. The lowest BCUT2D eigenvalue weighted by Crippen LogP contribution is -2.42. The molecule has 162 valence electrons. The lowest BCUT2D eigenvalue weighted by molar-refractivity contribution is -0.147. The minimum absolute atomic E-state index is 0.0119. The Hall–Kier alpha value is -1.89. The van der Waals surface area contributed by atoms with Crippen LogP contribution >= 0.6 is 0 Å². The van der Waals surface area contributed by atoms with Gasteiger partial charge in [-0.1, -0.05) is 31.2 Å². The van der Waals surface area contributed by atoms with Crippen molar-refractivity contribution in [1.29, 1.82) is 0 Å². The standard InChI is InChI=1S/C23H36N2O4/c1-5-24(14-18(2)3)15-19-6-8-22(9-7-19)29-17-21(26)16-25-12-10-20(11-13-25)23(27)28-4/h6-9,20-21,26H,2,5,10-17H2,1,3-4H3/t21-/m0/s1. The molecule has 1 saturated heterocycles. The number of hydrogen-bond donors (Lipinski definition) is 1. The Bertz CT molecular complexity index is 639. The van der Waals surface area contributed by atoms with Gasteiger partial charge >= 0.3 is 5.97 Å². The summed E-state index contributed by atoms with van der Waals surface area (Å²) in [6.07, 6.45) is 1.000. The molecule has 0 saturated carbocycles. The zero-order valence-electron chi connectivity index (χ0n) is 18.1. The van der Waals surface area contributed by atoms with Crippen LogP contribution in [-0.4, -0.2) is 73.4 Å². The van der Waals surface area contributed by atoms with E-state index < -0.39 is 6.10 Å². The quantitative estimate of drug-likeness (QED) is 0.452. The van der Waals surface area contributed by atoms with Gasteiger partial charge in [-0.15, -0.1) is 0 Å². The first-order chi connectivity index (χ1) is 13.9. The fourth-order valence-electron chi connectivity index (χ4n) is 3.67. The summed E-state index contributed by atoms with van der Waals surface area (Å²) >= 11 is 0. The van der Waals surface area contributed by atoms with Crippen LogP contribution in [0.15, 0.2) is 36.4 Å². The number of benzene rings is 1. The zero-order valence-corrected chi connectivity index (χ0v) is 18.1. The van der Waals surface area contributed by atoms with Gasteiger partial charge in [0, 0.05) is 19.6 Å². The van der Waals surface area contributed by atoms with E-state index in [4.69, 9.17) is 9.47 Å². The Labute approximate surface area is 175 Å². The third-order valence-corrected chi connectivity index (χ3v) is 5.30. The first-order valence-electron chi connectivity index (χ1n) is 10.5. The van der Waals surface area contributed by atoms with Crippen LogP contribution < -0.4 is 4.74 Å². The van der Waals surface area contributed by atoms with Crippen LogP contribution in [0.3, 0.4) is 0 Å². The topological polar surface area (TPSA) is 62.2 Å². The third-order valence-electron chi connectivity index (χ3n) is 5.30. The average Bonchev–Trinajstić information content (AvgIpc) is 2.72. The molecule has 0 bridgehead atoms. The number of likely N-dealkylation sites (N-methyl/N-ethyl adjacent to an activating group) is 1. The third kappa shape index (κ3) is 8.17. The van der Waals surface area contributed by atoms with Crippen molar-refractivity contribution in [3.63, 3.8) is 0 Å². The molecule has 0 aromatic heterocycles. The monoisotopic (exact) mass is 404 g/mol. The highest BCUT2D eigenvalue weighted by Crippen LogP contribution is 2.19. The average molecular weight is 405 g/mol. The minimum Gasteiger partial charge on any atom is -0.491 e. The molecule has 0 aliphatic carbocycles. The van der Waals surface area contributed by atoms with Crippen molar-refractivity contribution in [2.24, 2.45) is 5.92 Å². The first kappa shape index (κ1) is 23.4. The molecule has 0 amide bonds. The maximum absolute atomic E-state index is 11.6. The van der Waals surface area contributed by atoms with E-state index in [1.54, 1.807) is 0 Å². The van der Waals surface area contributed by atoms with Crippen molar-refractivity contribution >= 4 is 5.97 Å². The second-order valence-electron chi connectivity index (χ2n) is 7.97. The van der Waals surface area contributed by atoms with Crippen LogP contribution in [-0.2, 0) is 16.1 Å². The summed E-state index contributed by atoms with van der Waals surface area (Å²) in [5, 5.41) is 10.3. The number of esters is 1. The molecule has 1 heterocycles. The number of ether oxygens (including phenoxy) is 2. The summed E-state index contributed by atoms with van der Waals surface area (Å²) in [5.74, 6) is 0.626. The Morgan fingerprint density at radius 1 is 1.31 bits per heavy atom. The molecular weight excluding hydrogens is 368 g/mol. The number of carbonyl (C=O) groups is 1. The van der Waals surface area contributed by atoms with Gasteiger partial charge in [-0.2, -0.15) is 0 Å². The molecule has 6 heteroatoms. The molecular formula is C23H36N2O4. The Morgan fingerprint density at radius 2 is 1.97 bits per heavy atom. The van der Waals surface area contributed by atoms with Gasteiger partial charge in [-0.05, 0) is 57.1 Å². The fourth-order valence-corrected chi connectivity index (χ4v) is 3.67. The molecule has 1 aliphatic heterocycles. The van der Waals surface area contributed by atoms with Crippen LogP contribution in [0.2, 0.25) is 0 Å². The maximum atomic E-state index is 11.6. The first-order valence-corrected chi connectivity index (χ1v) is 10.5. The number of methoxy groups -OCH3 is 1. The lowest BCUT2D eigenvalue weighted by Gasteiger charge is -2.31. The summed E-state index contributed by atoms with van der Waals surface area (Å²) in [4.78, 5) is 16.1. The SMILES string of the molecule is C=C(C)CN(CC)Cc1ccc(OC[C@@H](O)CN2CCC(C(=O)OC)CC2)cc1. The molecule has 1 aromatic rings. The number of aliphatic hydroxyl groups is 1. The molecule has 1 atom stereocenters. The normalized spacial score (nSPS) is 16.6. The van der Waals surface area contributed by atoms with Crippen LogP contribution in [0.1, 0.15) is 32.3 Å².